The van der Waals surface area contributed by atoms with Crippen LogP contribution in [-0.4, -0.2) is 92.9 Å². The van der Waals surface area contributed by atoms with E-state index in [0.29, 0.717) is 129 Å². The molecule has 0 unspecified atom stereocenters. The summed E-state index contributed by atoms with van der Waals surface area (Å²) in [6, 6.07) is 109. The molecule has 12 heterocycles. The first-order chi connectivity index (χ1) is 71.2. The number of alkyl halides is 3. The number of pyridine rings is 10. The van der Waals surface area contributed by atoms with Gasteiger partial charge in [-0.05, 0) is 196 Å². The molecule has 0 atom stereocenters. The zero-order chi connectivity index (χ0) is 103. The van der Waals surface area contributed by atoms with Crippen molar-refractivity contribution in [2.75, 3.05) is 63.9 Å². The molecule has 1 fully saturated rings. The van der Waals surface area contributed by atoms with E-state index in [4.69, 9.17) is 9.97 Å². The number of benzene rings is 10. The van der Waals surface area contributed by atoms with Crippen molar-refractivity contribution >= 4 is 140 Å². The molecular weight excluding hydrogens is 1900 g/mol. The van der Waals surface area contributed by atoms with Crippen LogP contribution in [0.5, 0.6) is 0 Å². The van der Waals surface area contributed by atoms with E-state index in [-0.39, 0.29) is 38.4 Å². The Morgan fingerprint density at radius 1 is 0.361 bits per heavy atom. The predicted molar refractivity (Wildman–Crippen MR) is 581 cm³/mol. The summed E-state index contributed by atoms with van der Waals surface area (Å²) < 4.78 is 105. The Morgan fingerprint density at radius 3 is 1.07 bits per heavy atom. The van der Waals surface area contributed by atoms with E-state index in [1.54, 1.807) is 76.8 Å². The SMILES string of the molecule is CCc1c(F)cnc2c1c(=O)cc(Nc1ccccc1)n2-c1ccccc1.Cc1c(F)cnc2c1c(=O)cc(Nc1ccccc1)n2-c1ccccc1.Cc1cc(N2CCN(S(C)(=O)=O)CC2)nc2c1c(=O)cc(Nc1ccccc1)n2-c1ccccc1.Cc1cc2c(=O)cc(Nc3ccccc3)n(-c3ccccc3)c2nc1C.O=c1cc(Nc2ccccc2)n(-c2ccccc2)c2nc(-c3ccsc3)cc(C(F)(F)F)c12. The number of nitrogens with one attached hydrogen (secondary N) is 5. The number of hydrogen-bond donors (Lipinski definition) is 5. The third-order valence-electron chi connectivity index (χ3n) is 24.7. The summed E-state index contributed by atoms with van der Waals surface area (Å²) in [6.45, 7) is 11.2. The molecular formula is C116H96F5N17O7S2. The van der Waals surface area contributed by atoms with Gasteiger partial charge in [0.25, 0.3) is 0 Å². The molecule has 0 bridgehead atoms. The summed E-state index contributed by atoms with van der Waals surface area (Å²) in [5.41, 5.74) is 11.9. The summed E-state index contributed by atoms with van der Waals surface area (Å²) in [5.74, 6) is 2.55. The van der Waals surface area contributed by atoms with E-state index >= 15 is 0 Å². The first-order valence-electron chi connectivity index (χ1n) is 47.0. The molecule has 147 heavy (non-hydrogen) atoms. The number of piperazine rings is 1. The van der Waals surface area contributed by atoms with Gasteiger partial charge in [0, 0.05) is 141 Å². The van der Waals surface area contributed by atoms with Gasteiger partial charge in [0.05, 0.1) is 56.8 Å². The fraction of sp³-hybridized carbons (Fsp3) is 0.103. The first-order valence-corrected chi connectivity index (χ1v) is 49.8. The lowest BCUT2D eigenvalue weighted by Gasteiger charge is -2.34. The molecule has 22 rings (SSSR count). The zero-order valence-electron chi connectivity index (χ0n) is 80.3. The smallest absolute Gasteiger partial charge is 0.354 e. The van der Waals surface area contributed by atoms with Gasteiger partial charge in [0.15, 0.2) is 38.4 Å². The Bertz CT molecular complexity index is 8730. The number of hydrogen-bond acceptors (Lipinski definition) is 19. The summed E-state index contributed by atoms with van der Waals surface area (Å²) in [7, 11) is -3.23. The number of nitrogens with zero attached hydrogens (tertiary/aromatic N) is 12. The summed E-state index contributed by atoms with van der Waals surface area (Å²) in [5, 5.41) is 21.3. The van der Waals surface area contributed by atoms with Crippen LogP contribution in [0.1, 0.15) is 40.4 Å². The van der Waals surface area contributed by atoms with Gasteiger partial charge in [-0.1, -0.05) is 189 Å². The quantitative estimate of drug-likeness (QED) is 0.0471. The number of aryl methyl sites for hydroxylation is 5. The van der Waals surface area contributed by atoms with Crippen molar-refractivity contribution in [2.24, 2.45) is 0 Å². The van der Waals surface area contributed by atoms with E-state index in [2.05, 4.69) is 46.4 Å². The maximum atomic E-state index is 14.3. The largest absolute Gasteiger partial charge is 0.417 e. The third-order valence-corrected chi connectivity index (χ3v) is 26.7. The minimum Gasteiger partial charge on any atom is -0.354 e. The highest BCUT2D eigenvalue weighted by molar-refractivity contribution is 7.88. The molecule has 5 N–H and O–H groups in total. The fourth-order valence-electron chi connectivity index (χ4n) is 17.5. The number of halogens is 5. The van der Waals surface area contributed by atoms with Crippen molar-refractivity contribution < 1.29 is 30.4 Å². The minimum absolute atomic E-state index is 0.0405. The standard InChI is InChI=1S/C26H27N5O3S.C25H16F3N3OS.C22H18FN3O.C22H19N3O.C21H16FN3O/c1-19-17-23(29-13-15-30(16-14-29)35(2,33)34)28-26-25(19)22(32)18-24(27-20-9-5-3-6-10-20)31(26)21-11-7-4-8-12-21;26-25(27,28)19-13-20(16-11-12-33-15-16)30-24-23(19)21(32)14-22(29-17-7-3-1-4-8-17)31(24)18-9-5-2-6-10-18;1-2-17-18(23)14-24-22-21(17)19(27)13-20(25-15-9-5-3-6-10-15)26(22)16-11-7-4-8-12-16;1-15-13-19-20(26)14-21(24-17-9-5-3-6-10-17)25(22(19)23-16(15)2)18-11-7-4-8-12-18;1-14-17(22)13-23-21-20(14)18(26)12-19(24-15-8-4-2-5-9-15)25(21)16-10-6-3-7-11-16/h3-12,17-18,27H,13-16H2,1-2H3;1-15,29H;3-14,25H,2H2,1H3;3-14,24H,1-2H3;2-13,24H,1H3. The van der Waals surface area contributed by atoms with E-state index in [0.717, 1.165) is 80.4 Å². The Labute approximate surface area is 845 Å². The van der Waals surface area contributed by atoms with Crippen LogP contribution < -0.4 is 58.6 Å². The molecule has 21 aromatic rings. The highest BCUT2D eigenvalue weighted by Gasteiger charge is 2.37. The molecule has 1 saturated heterocycles. The van der Waals surface area contributed by atoms with Gasteiger partial charge in [-0.2, -0.15) is 28.8 Å². The van der Waals surface area contributed by atoms with Gasteiger partial charge in [0.1, 0.15) is 63.5 Å². The third kappa shape index (κ3) is 22.2. The van der Waals surface area contributed by atoms with E-state index in [1.165, 1.54) is 46.3 Å². The average Bonchev–Trinajstić information content (AvgIpc) is 1.38. The highest BCUT2D eigenvalue weighted by atomic mass is 32.2. The molecule has 0 aliphatic carbocycles. The van der Waals surface area contributed by atoms with Gasteiger partial charge in [-0.3, -0.25) is 46.8 Å². The zero-order valence-corrected chi connectivity index (χ0v) is 82.0. The molecule has 11 aromatic heterocycles. The number of sulfonamides is 1. The Morgan fingerprint density at radius 2 is 0.701 bits per heavy atom. The molecule has 0 amide bonds. The maximum absolute atomic E-state index is 14.3. The minimum atomic E-state index is -4.73. The molecule has 24 nitrogen and oxygen atoms in total. The number of rotatable bonds is 19. The lowest BCUT2D eigenvalue weighted by atomic mass is 10.1. The maximum Gasteiger partial charge on any atom is 0.417 e. The van der Waals surface area contributed by atoms with E-state index in [9.17, 15) is 54.3 Å². The first kappa shape index (κ1) is 99.2. The van der Waals surface area contributed by atoms with Crippen molar-refractivity contribution in [3.63, 3.8) is 0 Å². The molecule has 1 aliphatic rings. The van der Waals surface area contributed by atoms with Crippen LogP contribution in [0.2, 0.25) is 0 Å². The van der Waals surface area contributed by atoms with E-state index in [1.807, 2.05) is 325 Å². The van der Waals surface area contributed by atoms with Gasteiger partial charge >= 0.3 is 6.18 Å². The Kier molecular flexibility index (Phi) is 29.6. The number of aromatic nitrogens is 10. The molecule has 10 aromatic carbocycles. The number of fused-ring (bicyclic) bond motifs is 5. The van der Waals surface area contributed by atoms with Crippen LogP contribution in [0.3, 0.4) is 0 Å². The van der Waals surface area contributed by atoms with Crippen LogP contribution in [0.25, 0.3) is 94.9 Å². The van der Waals surface area contributed by atoms with E-state index < -0.39 is 44.2 Å². The second-order valence-electron chi connectivity index (χ2n) is 34.5. The number of thiophene rings is 1. The summed E-state index contributed by atoms with van der Waals surface area (Å²) in [4.78, 5) is 89.4. The van der Waals surface area contributed by atoms with Crippen molar-refractivity contribution in [1.29, 1.82) is 0 Å². The number of anilines is 11. The Balaban J connectivity index is 0.000000121. The van der Waals surface area contributed by atoms with Crippen LogP contribution in [-0.2, 0) is 22.6 Å². The molecule has 734 valence electrons. The molecule has 31 heteroatoms. The molecule has 0 radical (unpaired) electrons. The van der Waals surface area contributed by atoms with Crippen molar-refractivity contribution in [2.45, 2.75) is 47.2 Å². The predicted octanol–water partition coefficient (Wildman–Crippen LogP) is 24.5. The van der Waals surface area contributed by atoms with Gasteiger partial charge in [0.2, 0.25) is 10.0 Å². The lowest BCUT2D eigenvalue weighted by Crippen LogP contribution is -2.48. The highest BCUT2D eigenvalue weighted by Crippen LogP contribution is 2.40. The molecule has 1 aliphatic heterocycles. The van der Waals surface area contributed by atoms with Crippen molar-refractivity contribution in [3.8, 4) is 39.7 Å². The molecule has 0 saturated carbocycles. The normalized spacial score (nSPS) is 12.0. The van der Waals surface area contributed by atoms with Crippen LogP contribution >= 0.6 is 11.3 Å². The van der Waals surface area contributed by atoms with Crippen LogP contribution in [0, 0.1) is 39.3 Å². The number of para-hydroxylation sites is 10. The lowest BCUT2D eigenvalue weighted by molar-refractivity contribution is -0.136. The molecule has 0 spiro atoms. The van der Waals surface area contributed by atoms with Crippen LogP contribution in [0.4, 0.5) is 85.3 Å². The van der Waals surface area contributed by atoms with Crippen LogP contribution in [0.15, 0.2) is 405 Å². The monoisotopic (exact) mass is 2000 g/mol. The van der Waals surface area contributed by atoms with Gasteiger partial charge in [-0.15, -0.1) is 0 Å². The second-order valence-corrected chi connectivity index (χ2v) is 37.3. The summed E-state index contributed by atoms with van der Waals surface area (Å²) >= 11 is 1.36. The summed E-state index contributed by atoms with van der Waals surface area (Å²) in [6.07, 6.45) is -0.732. The Hall–Kier alpha value is -17.9. The topological polar surface area (TPSA) is 275 Å². The van der Waals surface area contributed by atoms with Crippen molar-refractivity contribution in [3.05, 3.63) is 477 Å². The van der Waals surface area contributed by atoms with Crippen molar-refractivity contribution in [1.82, 2.24) is 52.1 Å². The van der Waals surface area contributed by atoms with Gasteiger partial charge < -0.3 is 31.5 Å². The fourth-order valence-corrected chi connectivity index (χ4v) is 19.0. The van der Waals surface area contributed by atoms with Gasteiger partial charge in [-0.25, -0.2) is 42.1 Å². The second kappa shape index (κ2) is 43.9. The average molecular weight is 2000 g/mol.